The van der Waals surface area contributed by atoms with Gasteiger partial charge in [-0.15, -0.1) is 13.2 Å². The van der Waals surface area contributed by atoms with Gasteiger partial charge in [0.25, 0.3) is 0 Å². The lowest BCUT2D eigenvalue weighted by atomic mass is 10.7. The Morgan fingerprint density at radius 3 is 1.67 bits per heavy atom. The third kappa shape index (κ3) is 24.6. The summed E-state index contributed by atoms with van der Waals surface area (Å²) in [5, 5.41) is 23.5. The van der Waals surface area contributed by atoms with Gasteiger partial charge in [0.1, 0.15) is 0 Å². The number of carbonyl (C=O) groups is 1. The fraction of sp³-hybridized carbons (Fsp3) is 0.833. The molecule has 0 amide bonds. The molecule has 6 nitrogen and oxygen atoms in total. The summed E-state index contributed by atoms with van der Waals surface area (Å²) in [6.45, 7) is 0.696. The van der Waals surface area contributed by atoms with Crippen molar-refractivity contribution in [2.75, 3.05) is 26.4 Å². The van der Waals surface area contributed by atoms with Gasteiger partial charge in [-0.05, 0) is 0 Å². The number of aliphatic hydroxyl groups is 2. The number of rotatable bonds is 4. The minimum atomic E-state index is -5.08. The first kappa shape index (κ1) is 16.4. The van der Waals surface area contributed by atoms with Crippen molar-refractivity contribution in [1.29, 1.82) is 0 Å². The van der Waals surface area contributed by atoms with E-state index in [9.17, 15) is 13.2 Å². The van der Waals surface area contributed by atoms with E-state index in [1.165, 1.54) is 0 Å². The molecule has 0 aliphatic heterocycles. The molecule has 0 atom stereocenters. The van der Waals surface area contributed by atoms with Crippen molar-refractivity contribution in [3.8, 4) is 0 Å². The van der Waals surface area contributed by atoms with Crippen LogP contribution in [0.4, 0.5) is 18.0 Å². The third-order valence-electron chi connectivity index (χ3n) is 0.674. The number of halogens is 3. The van der Waals surface area contributed by atoms with Crippen LogP contribution in [0, 0.1) is 0 Å². The molecule has 9 heteroatoms. The van der Waals surface area contributed by atoms with Gasteiger partial charge >= 0.3 is 12.5 Å². The highest BCUT2D eigenvalue weighted by atomic mass is 19.4. The molecular weight excluding hydrogens is 225 g/mol. The quantitative estimate of drug-likeness (QED) is 0.476. The minimum absolute atomic E-state index is 0.0278. The highest BCUT2D eigenvalue weighted by molar-refractivity contribution is 5.56. The number of alkyl halides is 3. The second kappa shape index (κ2) is 9.49. The molecule has 0 bridgehead atoms. The lowest BCUT2D eigenvalue weighted by Gasteiger charge is -2.00. The number of ether oxygens (including phenoxy) is 2. The summed E-state index contributed by atoms with van der Waals surface area (Å²) >= 11 is 0. The minimum Gasteiger partial charge on any atom is -0.450 e. The standard InChI is InChI=1S/C4H10O3.C2HF3O3/c5-1-3-7-4-2-6;3-2(4,5)8-1(6)7/h5-6H,1-4H2;(H,6,7). The van der Waals surface area contributed by atoms with Crippen molar-refractivity contribution in [2.45, 2.75) is 6.36 Å². The Morgan fingerprint density at radius 1 is 1.13 bits per heavy atom. The summed E-state index contributed by atoms with van der Waals surface area (Å²) in [7, 11) is 0. The fourth-order valence-electron chi connectivity index (χ4n) is 0.330. The smallest absolute Gasteiger partial charge is 0.450 e. The topological polar surface area (TPSA) is 96.2 Å². The van der Waals surface area contributed by atoms with Crippen LogP contribution in [0.5, 0.6) is 0 Å². The van der Waals surface area contributed by atoms with Gasteiger partial charge in [-0.1, -0.05) is 0 Å². The van der Waals surface area contributed by atoms with E-state index < -0.39 is 12.5 Å². The van der Waals surface area contributed by atoms with Crippen LogP contribution in [0.15, 0.2) is 0 Å². The van der Waals surface area contributed by atoms with Gasteiger partial charge in [0.05, 0.1) is 26.4 Å². The maximum Gasteiger partial charge on any atom is 0.577 e. The second-order valence-corrected chi connectivity index (χ2v) is 1.87. The average molecular weight is 236 g/mol. The van der Waals surface area contributed by atoms with E-state index in [1.54, 1.807) is 0 Å². The fourth-order valence-corrected chi connectivity index (χ4v) is 0.330. The molecule has 0 rings (SSSR count). The van der Waals surface area contributed by atoms with Crippen LogP contribution in [0.25, 0.3) is 0 Å². The Hall–Kier alpha value is -1.06. The first-order chi connectivity index (χ1) is 6.83. The molecule has 0 aliphatic carbocycles. The first-order valence-corrected chi connectivity index (χ1v) is 3.61. The molecule has 0 aromatic rings. The molecule has 0 unspecified atom stereocenters. The maximum atomic E-state index is 10.7. The number of aliphatic hydroxyl groups excluding tert-OH is 2. The van der Waals surface area contributed by atoms with Gasteiger partial charge in [-0.25, -0.2) is 4.79 Å². The van der Waals surface area contributed by atoms with Crippen LogP contribution in [0.1, 0.15) is 0 Å². The van der Waals surface area contributed by atoms with Gasteiger partial charge in [-0.3, -0.25) is 0 Å². The summed E-state index contributed by atoms with van der Waals surface area (Å²) < 4.78 is 39.1. The predicted octanol–water partition coefficient (Wildman–Crippen LogP) is 0.188. The highest BCUT2D eigenvalue weighted by Gasteiger charge is 2.33. The average Bonchev–Trinajstić information content (AvgIpc) is 2.01. The summed E-state index contributed by atoms with van der Waals surface area (Å²) in [6.07, 6.45) is -7.43. The van der Waals surface area contributed by atoms with E-state index >= 15 is 0 Å². The van der Waals surface area contributed by atoms with Crippen LogP contribution in [-0.2, 0) is 9.47 Å². The first-order valence-electron chi connectivity index (χ1n) is 3.61. The van der Waals surface area contributed by atoms with Crippen molar-refractivity contribution in [2.24, 2.45) is 0 Å². The molecular formula is C6H11F3O6. The zero-order valence-electron chi connectivity index (χ0n) is 7.53. The lowest BCUT2D eigenvalue weighted by Crippen LogP contribution is -2.17. The SMILES string of the molecule is O=C(O)OC(F)(F)F.OCCOCCO. The lowest BCUT2D eigenvalue weighted by molar-refractivity contribution is -0.297. The molecule has 0 spiro atoms. The Kier molecular flexibility index (Phi) is 10.4. The van der Waals surface area contributed by atoms with E-state index in [0.29, 0.717) is 13.2 Å². The predicted molar refractivity (Wildman–Crippen MR) is 40.2 cm³/mol. The van der Waals surface area contributed by atoms with E-state index in [0.717, 1.165) is 0 Å². The van der Waals surface area contributed by atoms with Gasteiger partial charge in [0, 0.05) is 0 Å². The van der Waals surface area contributed by atoms with Crippen LogP contribution < -0.4 is 0 Å². The third-order valence-corrected chi connectivity index (χ3v) is 0.674. The summed E-state index contributed by atoms with van der Waals surface area (Å²) in [5.74, 6) is 0. The Labute approximate surface area is 82.8 Å². The number of hydrogen-bond donors (Lipinski definition) is 3. The maximum absolute atomic E-state index is 10.7. The molecule has 0 fully saturated rings. The summed E-state index contributed by atoms with van der Waals surface area (Å²) in [5.41, 5.74) is 0. The van der Waals surface area contributed by atoms with Crippen LogP contribution >= 0.6 is 0 Å². The molecule has 0 radical (unpaired) electrons. The van der Waals surface area contributed by atoms with Crippen molar-refractivity contribution < 1.29 is 42.8 Å². The number of hydrogen-bond acceptors (Lipinski definition) is 5. The zero-order valence-corrected chi connectivity index (χ0v) is 7.53. The van der Waals surface area contributed by atoms with Gasteiger partial charge in [-0.2, -0.15) is 0 Å². The van der Waals surface area contributed by atoms with E-state index in [4.69, 9.17) is 20.1 Å². The molecule has 0 saturated heterocycles. The highest BCUT2D eigenvalue weighted by Crippen LogP contribution is 2.15. The molecule has 0 aromatic carbocycles. The van der Waals surface area contributed by atoms with Crippen molar-refractivity contribution in [3.05, 3.63) is 0 Å². The summed E-state index contributed by atoms with van der Waals surface area (Å²) in [6, 6.07) is 0. The Morgan fingerprint density at radius 2 is 1.53 bits per heavy atom. The van der Waals surface area contributed by atoms with Crippen molar-refractivity contribution in [3.63, 3.8) is 0 Å². The molecule has 0 heterocycles. The van der Waals surface area contributed by atoms with E-state index in [1.807, 2.05) is 0 Å². The molecule has 92 valence electrons. The molecule has 0 saturated carbocycles. The van der Waals surface area contributed by atoms with E-state index in [-0.39, 0.29) is 13.2 Å². The largest absolute Gasteiger partial charge is 0.577 e. The molecule has 0 aliphatic rings. The zero-order chi connectivity index (χ0) is 12.3. The van der Waals surface area contributed by atoms with Crippen molar-refractivity contribution in [1.82, 2.24) is 0 Å². The van der Waals surface area contributed by atoms with Crippen LogP contribution in [0.2, 0.25) is 0 Å². The number of carboxylic acid groups (broad SMARTS) is 1. The monoisotopic (exact) mass is 236 g/mol. The van der Waals surface area contributed by atoms with Crippen molar-refractivity contribution >= 4 is 6.16 Å². The van der Waals surface area contributed by atoms with Crippen LogP contribution in [-0.4, -0.2) is 54.3 Å². The Bertz CT molecular complexity index is 155. The van der Waals surface area contributed by atoms with Gasteiger partial charge < -0.3 is 24.8 Å². The second-order valence-electron chi connectivity index (χ2n) is 1.87. The molecule has 3 N–H and O–H groups in total. The molecule has 0 aromatic heterocycles. The summed E-state index contributed by atoms with van der Waals surface area (Å²) in [4.78, 5) is 9.07. The van der Waals surface area contributed by atoms with E-state index in [2.05, 4.69) is 9.47 Å². The molecule has 15 heavy (non-hydrogen) atoms. The van der Waals surface area contributed by atoms with Gasteiger partial charge in [0.15, 0.2) is 0 Å². The Balaban J connectivity index is 0. The normalized spacial score (nSPS) is 10.2. The van der Waals surface area contributed by atoms with Gasteiger partial charge in [0.2, 0.25) is 0 Å². The van der Waals surface area contributed by atoms with Crippen LogP contribution in [0.3, 0.4) is 0 Å².